The minimum atomic E-state index is -0.820. The molecular weight excluding hydrogens is 333 g/mol. The van der Waals surface area contributed by atoms with Gasteiger partial charge in [-0.05, 0) is 46.3 Å². The van der Waals surface area contributed by atoms with Crippen LogP contribution in [0.2, 0.25) is 0 Å². The summed E-state index contributed by atoms with van der Waals surface area (Å²) in [5.41, 5.74) is -0.00440. The van der Waals surface area contributed by atoms with Crippen LogP contribution in [-0.2, 0) is 4.74 Å². The first kappa shape index (κ1) is 14.3. The largest absolute Gasteiger partial charge is 0.465 e. The zero-order chi connectivity index (χ0) is 14.7. The van der Waals surface area contributed by atoms with Crippen LogP contribution in [0.4, 0.5) is 10.1 Å². The number of esters is 1. The first-order valence-corrected chi connectivity index (χ1v) is 6.25. The Labute approximate surface area is 121 Å². The average molecular weight is 342 g/mol. The van der Waals surface area contributed by atoms with Gasteiger partial charge in [-0.25, -0.2) is 9.18 Å². The summed E-state index contributed by atoms with van der Waals surface area (Å²) in [4.78, 5) is 23.2. The number of furan rings is 1. The zero-order valence-electron chi connectivity index (χ0n) is 10.3. The summed E-state index contributed by atoms with van der Waals surface area (Å²) in [6, 6.07) is 6.64. The highest BCUT2D eigenvalue weighted by molar-refractivity contribution is 9.10. The Morgan fingerprint density at radius 1 is 1.30 bits per heavy atom. The fourth-order valence-electron chi connectivity index (χ4n) is 1.50. The van der Waals surface area contributed by atoms with Crippen molar-refractivity contribution < 1.29 is 23.1 Å². The fourth-order valence-corrected chi connectivity index (χ4v) is 1.80. The summed E-state index contributed by atoms with van der Waals surface area (Å²) in [7, 11) is 1.15. The van der Waals surface area contributed by atoms with E-state index in [1.807, 2.05) is 0 Å². The molecular formula is C13H9BrFNO4. The molecule has 0 aliphatic rings. The summed E-state index contributed by atoms with van der Waals surface area (Å²) in [6.07, 6.45) is 0. The number of ether oxygens (including phenoxy) is 1. The summed E-state index contributed by atoms with van der Waals surface area (Å²) < 4.78 is 23.4. The van der Waals surface area contributed by atoms with Gasteiger partial charge in [0, 0.05) is 5.69 Å². The lowest BCUT2D eigenvalue weighted by Gasteiger charge is -2.06. The smallest absolute Gasteiger partial charge is 0.340 e. The summed E-state index contributed by atoms with van der Waals surface area (Å²) in [5.74, 6) is -1.98. The molecule has 7 heteroatoms. The third-order valence-corrected chi connectivity index (χ3v) is 2.85. The van der Waals surface area contributed by atoms with Gasteiger partial charge in [0.2, 0.25) is 0 Å². The van der Waals surface area contributed by atoms with E-state index in [2.05, 4.69) is 26.0 Å². The van der Waals surface area contributed by atoms with E-state index in [0.29, 0.717) is 4.67 Å². The second kappa shape index (κ2) is 5.87. The highest BCUT2D eigenvalue weighted by Gasteiger charge is 2.15. The minimum absolute atomic E-state index is 0.0841. The molecule has 1 aromatic heterocycles. The van der Waals surface area contributed by atoms with Crippen LogP contribution in [0.5, 0.6) is 0 Å². The Morgan fingerprint density at radius 2 is 2.05 bits per heavy atom. The Balaban J connectivity index is 2.22. The topological polar surface area (TPSA) is 68.5 Å². The second-order valence-electron chi connectivity index (χ2n) is 3.74. The predicted octanol–water partition coefficient (Wildman–Crippen LogP) is 3.22. The third-order valence-electron chi connectivity index (χ3n) is 2.43. The molecule has 104 valence electrons. The molecule has 2 aromatic rings. The lowest BCUT2D eigenvalue weighted by Crippen LogP contribution is -2.12. The van der Waals surface area contributed by atoms with E-state index in [1.54, 1.807) is 6.07 Å². The van der Waals surface area contributed by atoms with E-state index < -0.39 is 17.7 Å². The van der Waals surface area contributed by atoms with Crippen LogP contribution in [0.3, 0.4) is 0 Å². The molecule has 0 saturated heterocycles. The Morgan fingerprint density at radius 3 is 2.65 bits per heavy atom. The van der Waals surface area contributed by atoms with Crippen molar-refractivity contribution in [2.24, 2.45) is 0 Å². The summed E-state index contributed by atoms with van der Waals surface area (Å²) in [5, 5.41) is 2.49. The number of anilines is 1. The lowest BCUT2D eigenvalue weighted by molar-refractivity contribution is 0.0595. The van der Waals surface area contributed by atoms with E-state index in [-0.39, 0.29) is 17.0 Å². The fraction of sp³-hybridized carbons (Fsp3) is 0.0769. The molecule has 1 amide bonds. The molecule has 0 fully saturated rings. The second-order valence-corrected chi connectivity index (χ2v) is 4.53. The molecule has 0 bridgehead atoms. The van der Waals surface area contributed by atoms with Gasteiger partial charge in [0.25, 0.3) is 5.91 Å². The number of rotatable bonds is 3. The van der Waals surface area contributed by atoms with Crippen molar-refractivity contribution in [2.75, 3.05) is 12.4 Å². The number of carbonyl (C=O) groups excluding carboxylic acids is 2. The van der Waals surface area contributed by atoms with Gasteiger partial charge in [0.1, 0.15) is 5.82 Å². The summed E-state index contributed by atoms with van der Waals surface area (Å²) >= 11 is 3.08. The molecule has 0 atom stereocenters. The van der Waals surface area contributed by atoms with E-state index in [9.17, 15) is 14.0 Å². The zero-order valence-corrected chi connectivity index (χ0v) is 11.9. The molecule has 0 spiro atoms. The Bertz CT molecular complexity index is 668. The van der Waals surface area contributed by atoms with Crippen LogP contribution in [-0.4, -0.2) is 19.0 Å². The van der Waals surface area contributed by atoms with Crippen molar-refractivity contribution in [3.05, 3.63) is 52.1 Å². The van der Waals surface area contributed by atoms with Crippen molar-refractivity contribution in [3.8, 4) is 0 Å². The van der Waals surface area contributed by atoms with Crippen molar-refractivity contribution in [3.63, 3.8) is 0 Å². The van der Waals surface area contributed by atoms with Crippen LogP contribution in [0, 0.1) is 5.82 Å². The molecule has 20 heavy (non-hydrogen) atoms. The number of amides is 1. The van der Waals surface area contributed by atoms with Gasteiger partial charge in [-0.3, -0.25) is 4.79 Å². The average Bonchev–Trinajstić information content (AvgIpc) is 2.87. The number of hydrogen-bond donors (Lipinski definition) is 1. The van der Waals surface area contributed by atoms with Gasteiger partial charge in [-0.1, -0.05) is 0 Å². The number of methoxy groups -OCH3 is 1. The minimum Gasteiger partial charge on any atom is -0.465 e. The number of nitrogens with one attached hydrogen (secondary N) is 1. The number of halogens is 2. The molecule has 0 radical (unpaired) electrons. The number of carbonyl (C=O) groups is 2. The van der Waals surface area contributed by atoms with E-state index in [1.165, 1.54) is 18.2 Å². The first-order valence-electron chi connectivity index (χ1n) is 5.46. The van der Waals surface area contributed by atoms with Gasteiger partial charge < -0.3 is 14.5 Å². The summed E-state index contributed by atoms with van der Waals surface area (Å²) in [6.45, 7) is 0. The maximum Gasteiger partial charge on any atom is 0.340 e. The standard InChI is InChI=1S/C13H9BrFNO4/c1-19-13(18)8-6-7(2-3-9(8)15)16-12(17)10-4-5-11(14)20-10/h2-6H,1H3,(H,16,17). The van der Waals surface area contributed by atoms with Crippen LogP contribution >= 0.6 is 15.9 Å². The lowest BCUT2D eigenvalue weighted by atomic mass is 10.2. The molecule has 1 N–H and O–H groups in total. The van der Waals surface area contributed by atoms with Crippen molar-refractivity contribution in [1.82, 2.24) is 0 Å². The predicted molar refractivity (Wildman–Crippen MR) is 72.1 cm³/mol. The van der Waals surface area contributed by atoms with Gasteiger partial charge >= 0.3 is 5.97 Å². The first-order chi connectivity index (χ1) is 9.51. The van der Waals surface area contributed by atoms with Crippen molar-refractivity contribution in [1.29, 1.82) is 0 Å². The van der Waals surface area contributed by atoms with Gasteiger partial charge in [-0.15, -0.1) is 0 Å². The van der Waals surface area contributed by atoms with Gasteiger partial charge in [0.05, 0.1) is 12.7 Å². The monoisotopic (exact) mass is 341 g/mol. The molecule has 1 aromatic carbocycles. The molecule has 0 saturated carbocycles. The van der Waals surface area contributed by atoms with E-state index in [0.717, 1.165) is 13.2 Å². The molecule has 1 heterocycles. The van der Waals surface area contributed by atoms with Crippen LogP contribution in [0.25, 0.3) is 0 Å². The van der Waals surface area contributed by atoms with Crippen LogP contribution in [0.15, 0.2) is 39.4 Å². The number of hydrogen-bond acceptors (Lipinski definition) is 4. The maximum absolute atomic E-state index is 13.4. The highest BCUT2D eigenvalue weighted by atomic mass is 79.9. The van der Waals surface area contributed by atoms with Crippen LogP contribution in [0.1, 0.15) is 20.9 Å². The Kier molecular flexibility index (Phi) is 4.19. The molecule has 2 rings (SSSR count). The van der Waals surface area contributed by atoms with Crippen molar-refractivity contribution in [2.45, 2.75) is 0 Å². The molecule has 5 nitrogen and oxygen atoms in total. The third kappa shape index (κ3) is 3.05. The van der Waals surface area contributed by atoms with Crippen molar-refractivity contribution >= 4 is 33.5 Å². The molecule has 0 unspecified atom stereocenters. The van der Waals surface area contributed by atoms with E-state index in [4.69, 9.17) is 4.42 Å². The molecule has 0 aliphatic carbocycles. The molecule has 0 aliphatic heterocycles. The highest BCUT2D eigenvalue weighted by Crippen LogP contribution is 2.18. The Hall–Kier alpha value is -2.15. The maximum atomic E-state index is 13.4. The quantitative estimate of drug-likeness (QED) is 0.870. The van der Waals surface area contributed by atoms with E-state index >= 15 is 0 Å². The number of benzene rings is 1. The normalized spacial score (nSPS) is 10.2. The van der Waals surface area contributed by atoms with Gasteiger partial charge in [-0.2, -0.15) is 0 Å². The van der Waals surface area contributed by atoms with Gasteiger partial charge in [0.15, 0.2) is 10.4 Å². The SMILES string of the molecule is COC(=O)c1cc(NC(=O)c2ccc(Br)o2)ccc1F. The van der Waals surface area contributed by atoms with Crippen LogP contribution < -0.4 is 5.32 Å².